The maximum atomic E-state index is 11.5. The first-order valence-corrected chi connectivity index (χ1v) is 8.63. The van der Waals surface area contributed by atoms with Crippen molar-refractivity contribution < 1.29 is 13.5 Å². The predicted molar refractivity (Wildman–Crippen MR) is 71.3 cm³/mol. The van der Waals surface area contributed by atoms with Gasteiger partial charge in [0.15, 0.2) is 9.84 Å². The lowest BCUT2D eigenvalue weighted by Gasteiger charge is -2.34. The first kappa shape index (κ1) is 14.2. The molecule has 18 heavy (non-hydrogen) atoms. The summed E-state index contributed by atoms with van der Waals surface area (Å²) in [6.45, 7) is 3.63. The second-order valence-electron chi connectivity index (χ2n) is 5.61. The van der Waals surface area contributed by atoms with E-state index in [4.69, 9.17) is 0 Å². The third kappa shape index (κ3) is 4.19. The molecule has 0 spiro atoms. The van der Waals surface area contributed by atoms with E-state index < -0.39 is 9.84 Å². The minimum Gasteiger partial charge on any atom is -0.395 e. The molecule has 2 N–H and O–H groups in total. The normalized spacial score (nSPS) is 30.2. The van der Waals surface area contributed by atoms with Gasteiger partial charge in [-0.3, -0.25) is 4.90 Å². The highest BCUT2D eigenvalue weighted by Gasteiger charge is 2.29. The van der Waals surface area contributed by atoms with E-state index in [2.05, 4.69) is 10.2 Å². The number of sulfone groups is 1. The Morgan fingerprint density at radius 3 is 2.72 bits per heavy atom. The van der Waals surface area contributed by atoms with Crippen LogP contribution in [0.5, 0.6) is 0 Å². The zero-order valence-electron chi connectivity index (χ0n) is 11.0. The number of aliphatic hydroxyl groups is 1. The molecule has 0 aromatic rings. The fraction of sp³-hybridized carbons (Fsp3) is 1.00. The number of hydrogen-bond donors (Lipinski definition) is 2. The molecule has 1 aliphatic carbocycles. The minimum absolute atomic E-state index is 0.101. The van der Waals surface area contributed by atoms with E-state index in [0.717, 1.165) is 13.0 Å². The number of rotatable bonds is 6. The highest BCUT2D eigenvalue weighted by Crippen LogP contribution is 2.20. The van der Waals surface area contributed by atoms with Crippen molar-refractivity contribution in [3.8, 4) is 0 Å². The molecule has 0 amide bonds. The SMILES string of the molecule is CC1CS(=O)(=O)CCN1CCC(CO)NC1CC1. The minimum atomic E-state index is -2.82. The fourth-order valence-electron chi connectivity index (χ4n) is 2.50. The molecule has 1 saturated carbocycles. The van der Waals surface area contributed by atoms with E-state index in [1.165, 1.54) is 12.8 Å². The number of nitrogens with one attached hydrogen (secondary N) is 1. The summed E-state index contributed by atoms with van der Waals surface area (Å²) in [4.78, 5) is 2.22. The summed E-state index contributed by atoms with van der Waals surface area (Å²) in [6.07, 6.45) is 3.32. The number of aliphatic hydroxyl groups excluding tert-OH is 1. The Hall–Kier alpha value is -0.170. The van der Waals surface area contributed by atoms with E-state index in [1.807, 2.05) is 6.92 Å². The van der Waals surface area contributed by atoms with Crippen molar-refractivity contribution in [3.05, 3.63) is 0 Å². The van der Waals surface area contributed by atoms with Gasteiger partial charge in [0, 0.05) is 31.2 Å². The van der Waals surface area contributed by atoms with Gasteiger partial charge >= 0.3 is 0 Å². The second kappa shape index (κ2) is 5.86. The van der Waals surface area contributed by atoms with E-state index >= 15 is 0 Å². The Bertz CT molecular complexity index is 368. The summed E-state index contributed by atoms with van der Waals surface area (Å²) in [5, 5.41) is 12.7. The molecular weight excluding hydrogens is 252 g/mol. The summed E-state index contributed by atoms with van der Waals surface area (Å²) in [5.41, 5.74) is 0. The average Bonchev–Trinajstić information content (AvgIpc) is 3.09. The number of hydrogen-bond acceptors (Lipinski definition) is 5. The quantitative estimate of drug-likeness (QED) is 0.691. The molecule has 1 aliphatic heterocycles. The van der Waals surface area contributed by atoms with Crippen molar-refractivity contribution in [2.24, 2.45) is 0 Å². The lowest BCUT2D eigenvalue weighted by molar-refractivity contribution is 0.185. The van der Waals surface area contributed by atoms with E-state index in [-0.39, 0.29) is 30.2 Å². The van der Waals surface area contributed by atoms with Crippen LogP contribution in [-0.2, 0) is 9.84 Å². The zero-order valence-corrected chi connectivity index (χ0v) is 11.8. The maximum absolute atomic E-state index is 11.5. The fourth-order valence-corrected chi connectivity index (χ4v) is 4.12. The Labute approximate surface area is 109 Å². The summed E-state index contributed by atoms with van der Waals surface area (Å²) in [5.74, 6) is 0.546. The van der Waals surface area contributed by atoms with Crippen LogP contribution >= 0.6 is 0 Å². The van der Waals surface area contributed by atoms with Crippen molar-refractivity contribution >= 4 is 9.84 Å². The molecule has 2 unspecified atom stereocenters. The van der Waals surface area contributed by atoms with Crippen LogP contribution in [0.1, 0.15) is 26.2 Å². The Morgan fingerprint density at radius 1 is 1.44 bits per heavy atom. The van der Waals surface area contributed by atoms with Crippen LogP contribution < -0.4 is 5.32 Å². The molecule has 0 bridgehead atoms. The Balaban J connectivity index is 1.75. The van der Waals surface area contributed by atoms with Gasteiger partial charge in [0.25, 0.3) is 0 Å². The monoisotopic (exact) mass is 276 g/mol. The smallest absolute Gasteiger partial charge is 0.153 e. The molecule has 1 heterocycles. The van der Waals surface area contributed by atoms with Gasteiger partial charge in [0.05, 0.1) is 18.1 Å². The second-order valence-corrected chi connectivity index (χ2v) is 7.84. The highest BCUT2D eigenvalue weighted by atomic mass is 32.2. The molecule has 2 fully saturated rings. The average molecular weight is 276 g/mol. The van der Waals surface area contributed by atoms with Gasteiger partial charge in [-0.25, -0.2) is 8.42 Å². The van der Waals surface area contributed by atoms with Crippen LogP contribution in [0.25, 0.3) is 0 Å². The molecule has 5 nitrogen and oxygen atoms in total. The summed E-state index contributed by atoms with van der Waals surface area (Å²) < 4.78 is 23.0. The summed E-state index contributed by atoms with van der Waals surface area (Å²) >= 11 is 0. The van der Waals surface area contributed by atoms with Gasteiger partial charge < -0.3 is 10.4 Å². The number of nitrogens with zero attached hydrogens (tertiary/aromatic N) is 1. The lowest BCUT2D eigenvalue weighted by Crippen LogP contribution is -2.48. The summed E-state index contributed by atoms with van der Waals surface area (Å²) in [7, 11) is -2.82. The molecule has 0 radical (unpaired) electrons. The van der Waals surface area contributed by atoms with Crippen LogP contribution in [0.3, 0.4) is 0 Å². The molecule has 0 aromatic heterocycles. The first-order valence-electron chi connectivity index (χ1n) is 6.81. The standard InChI is InChI=1S/C12H24N2O3S/c1-10-9-18(16,17)7-6-14(10)5-4-12(8-15)13-11-2-3-11/h10-13,15H,2-9H2,1H3. The molecule has 2 atom stereocenters. The van der Waals surface area contributed by atoms with Gasteiger partial charge in [0.1, 0.15) is 0 Å². The molecule has 1 saturated heterocycles. The lowest BCUT2D eigenvalue weighted by atomic mass is 10.2. The van der Waals surface area contributed by atoms with Crippen molar-refractivity contribution in [2.45, 2.75) is 44.3 Å². The largest absolute Gasteiger partial charge is 0.395 e. The molecular formula is C12H24N2O3S. The summed E-state index contributed by atoms with van der Waals surface area (Å²) in [6, 6.07) is 0.855. The maximum Gasteiger partial charge on any atom is 0.153 e. The van der Waals surface area contributed by atoms with Crippen LogP contribution in [0, 0.1) is 0 Å². The van der Waals surface area contributed by atoms with Gasteiger partial charge in [-0.05, 0) is 26.2 Å². The molecule has 2 rings (SSSR count). The van der Waals surface area contributed by atoms with Crippen LogP contribution in [0.4, 0.5) is 0 Å². The topological polar surface area (TPSA) is 69.6 Å². The van der Waals surface area contributed by atoms with Gasteiger partial charge in [-0.15, -0.1) is 0 Å². The Morgan fingerprint density at radius 2 is 2.17 bits per heavy atom. The highest BCUT2D eigenvalue weighted by molar-refractivity contribution is 7.91. The van der Waals surface area contributed by atoms with E-state index in [9.17, 15) is 13.5 Å². The van der Waals surface area contributed by atoms with Gasteiger partial charge in [-0.1, -0.05) is 0 Å². The van der Waals surface area contributed by atoms with E-state index in [0.29, 0.717) is 12.6 Å². The predicted octanol–water partition coefficient (Wildman–Crippen LogP) is -0.392. The van der Waals surface area contributed by atoms with Crippen LogP contribution in [0.15, 0.2) is 0 Å². The van der Waals surface area contributed by atoms with Crippen molar-refractivity contribution in [3.63, 3.8) is 0 Å². The van der Waals surface area contributed by atoms with Crippen molar-refractivity contribution in [2.75, 3.05) is 31.2 Å². The zero-order chi connectivity index (χ0) is 13.2. The molecule has 106 valence electrons. The van der Waals surface area contributed by atoms with Gasteiger partial charge in [-0.2, -0.15) is 0 Å². The first-order chi connectivity index (χ1) is 8.50. The third-order valence-corrected chi connectivity index (χ3v) is 5.64. The molecule has 6 heteroatoms. The van der Waals surface area contributed by atoms with E-state index in [1.54, 1.807) is 0 Å². The molecule has 0 aromatic carbocycles. The van der Waals surface area contributed by atoms with Crippen molar-refractivity contribution in [1.82, 2.24) is 10.2 Å². The van der Waals surface area contributed by atoms with Gasteiger partial charge in [0.2, 0.25) is 0 Å². The van der Waals surface area contributed by atoms with Crippen molar-refractivity contribution in [1.29, 1.82) is 0 Å². The van der Waals surface area contributed by atoms with Crippen LogP contribution in [-0.4, -0.2) is 67.8 Å². The Kier molecular flexibility index (Phi) is 4.64. The third-order valence-electron chi connectivity index (χ3n) is 3.84. The van der Waals surface area contributed by atoms with Crippen LogP contribution in [0.2, 0.25) is 0 Å². The molecule has 2 aliphatic rings.